The molecule has 0 fully saturated rings. The molecule has 1 aliphatic rings. The van der Waals surface area contributed by atoms with Crippen LogP contribution in [0.2, 0.25) is 0 Å². The third-order valence-electron chi connectivity index (χ3n) is 5.83. The second-order valence-corrected chi connectivity index (χ2v) is 9.84. The maximum absolute atomic E-state index is 13.4. The van der Waals surface area contributed by atoms with E-state index in [0.717, 1.165) is 5.56 Å². The van der Waals surface area contributed by atoms with Gasteiger partial charge in [0.2, 0.25) is 11.8 Å². The van der Waals surface area contributed by atoms with Gasteiger partial charge in [-0.25, -0.2) is 0 Å². The number of nitrogens with one attached hydrogen (secondary N) is 2. The Balaban J connectivity index is 1.90. The van der Waals surface area contributed by atoms with E-state index in [0.29, 0.717) is 36.4 Å². The van der Waals surface area contributed by atoms with Crippen molar-refractivity contribution in [1.29, 1.82) is 0 Å². The van der Waals surface area contributed by atoms with E-state index < -0.39 is 6.04 Å². The van der Waals surface area contributed by atoms with Gasteiger partial charge in [0.25, 0.3) is 5.91 Å². The first-order chi connectivity index (χ1) is 15.6. The van der Waals surface area contributed by atoms with Crippen molar-refractivity contribution in [2.45, 2.75) is 46.6 Å². The van der Waals surface area contributed by atoms with Gasteiger partial charge in [-0.1, -0.05) is 58.0 Å². The fourth-order valence-electron chi connectivity index (χ4n) is 3.81. The molecule has 4 N–H and O–H groups in total. The van der Waals surface area contributed by atoms with Crippen LogP contribution in [0, 0.1) is 11.3 Å². The largest absolute Gasteiger partial charge is 0.351 e. The molecule has 1 atom stereocenters. The molecule has 176 valence electrons. The fraction of sp³-hybridized carbons (Fsp3) is 0.423. The Labute approximate surface area is 195 Å². The second kappa shape index (κ2) is 10.2. The van der Waals surface area contributed by atoms with E-state index in [1.54, 1.807) is 23.1 Å². The second-order valence-electron chi connectivity index (χ2n) is 9.84. The van der Waals surface area contributed by atoms with Crippen molar-refractivity contribution >= 4 is 29.1 Å². The zero-order valence-electron chi connectivity index (χ0n) is 19.9. The van der Waals surface area contributed by atoms with E-state index in [1.807, 2.05) is 58.0 Å². The molecule has 2 aromatic carbocycles. The van der Waals surface area contributed by atoms with Crippen molar-refractivity contribution in [3.8, 4) is 0 Å². The summed E-state index contributed by atoms with van der Waals surface area (Å²) in [5.74, 6) is -0.408. The number of hydrogen-bond donors (Lipinski definition) is 3. The predicted octanol–water partition coefficient (Wildman–Crippen LogP) is 3.34. The maximum atomic E-state index is 13.4. The number of fused-ring (bicyclic) bond motifs is 1. The molecular weight excluding hydrogens is 416 g/mol. The van der Waals surface area contributed by atoms with E-state index in [-0.39, 0.29) is 35.5 Å². The standard InChI is InChI=1S/C26H34N4O3/c1-17(2)12-22-25(33)29-20-14-19(24(32)28-16-26(3,4)15-27)10-11-21(20)30(22)23(31)13-18-8-6-5-7-9-18/h5-11,14,17,22H,12-13,15-16,27H2,1-4H3,(H,28,32)(H,29,33). The third kappa shape index (κ3) is 5.99. The van der Waals surface area contributed by atoms with Crippen molar-refractivity contribution in [3.63, 3.8) is 0 Å². The van der Waals surface area contributed by atoms with Crippen LogP contribution in [0.3, 0.4) is 0 Å². The molecule has 0 saturated heterocycles. The SMILES string of the molecule is CC(C)CC1C(=O)Nc2cc(C(=O)NCC(C)(C)CN)ccc2N1C(=O)Cc1ccccc1. The number of rotatable bonds is 8. The van der Waals surface area contributed by atoms with Gasteiger partial charge in [0.15, 0.2) is 0 Å². The molecule has 0 saturated carbocycles. The molecular formula is C26H34N4O3. The fourth-order valence-corrected chi connectivity index (χ4v) is 3.81. The normalized spacial score (nSPS) is 15.8. The predicted molar refractivity (Wildman–Crippen MR) is 131 cm³/mol. The summed E-state index contributed by atoms with van der Waals surface area (Å²) in [6.07, 6.45) is 0.737. The van der Waals surface area contributed by atoms with Crippen LogP contribution in [0.4, 0.5) is 11.4 Å². The van der Waals surface area contributed by atoms with Crippen LogP contribution in [-0.2, 0) is 16.0 Å². The lowest BCUT2D eigenvalue weighted by molar-refractivity contribution is -0.124. The van der Waals surface area contributed by atoms with E-state index >= 15 is 0 Å². The van der Waals surface area contributed by atoms with E-state index in [1.165, 1.54) is 0 Å². The highest BCUT2D eigenvalue weighted by molar-refractivity contribution is 6.13. The minimum Gasteiger partial charge on any atom is -0.351 e. The van der Waals surface area contributed by atoms with Gasteiger partial charge in [-0.05, 0) is 48.1 Å². The van der Waals surface area contributed by atoms with Crippen LogP contribution in [0.1, 0.15) is 50.0 Å². The zero-order valence-corrected chi connectivity index (χ0v) is 19.9. The van der Waals surface area contributed by atoms with E-state index in [4.69, 9.17) is 5.73 Å². The molecule has 33 heavy (non-hydrogen) atoms. The average Bonchev–Trinajstić information content (AvgIpc) is 2.78. The Hall–Kier alpha value is -3.19. The smallest absolute Gasteiger partial charge is 0.251 e. The number of hydrogen-bond acceptors (Lipinski definition) is 4. The van der Waals surface area contributed by atoms with Crippen molar-refractivity contribution < 1.29 is 14.4 Å². The summed E-state index contributed by atoms with van der Waals surface area (Å²) >= 11 is 0. The number of nitrogens with two attached hydrogens (primary N) is 1. The highest BCUT2D eigenvalue weighted by Crippen LogP contribution is 2.35. The van der Waals surface area contributed by atoms with Gasteiger partial charge >= 0.3 is 0 Å². The number of carbonyl (C=O) groups is 3. The van der Waals surface area contributed by atoms with Crippen LogP contribution in [0.15, 0.2) is 48.5 Å². The highest BCUT2D eigenvalue weighted by atomic mass is 16.2. The summed E-state index contributed by atoms with van der Waals surface area (Å²) in [7, 11) is 0. The number of amides is 3. The Morgan fingerprint density at radius 3 is 2.48 bits per heavy atom. The molecule has 0 radical (unpaired) electrons. The number of anilines is 2. The average molecular weight is 451 g/mol. The quantitative estimate of drug-likeness (QED) is 0.574. The van der Waals surface area contributed by atoms with Crippen LogP contribution in [-0.4, -0.2) is 36.9 Å². The first kappa shape index (κ1) is 24.5. The maximum Gasteiger partial charge on any atom is 0.251 e. The highest BCUT2D eigenvalue weighted by Gasteiger charge is 2.37. The molecule has 0 aliphatic carbocycles. The molecule has 1 unspecified atom stereocenters. The number of carbonyl (C=O) groups excluding carboxylic acids is 3. The van der Waals surface area contributed by atoms with Gasteiger partial charge < -0.3 is 16.4 Å². The number of benzene rings is 2. The number of nitrogens with zero attached hydrogens (tertiary/aromatic N) is 1. The molecule has 2 aromatic rings. The molecule has 0 aromatic heterocycles. The zero-order chi connectivity index (χ0) is 24.2. The van der Waals surface area contributed by atoms with Gasteiger partial charge in [0.05, 0.1) is 17.8 Å². The molecule has 7 nitrogen and oxygen atoms in total. The van der Waals surface area contributed by atoms with Gasteiger partial charge in [-0.2, -0.15) is 0 Å². The monoisotopic (exact) mass is 450 g/mol. The summed E-state index contributed by atoms with van der Waals surface area (Å²) in [4.78, 5) is 40.7. The molecule has 3 amide bonds. The lowest BCUT2D eigenvalue weighted by Gasteiger charge is -2.37. The van der Waals surface area contributed by atoms with E-state index in [9.17, 15) is 14.4 Å². The van der Waals surface area contributed by atoms with Gasteiger partial charge in [0, 0.05) is 12.1 Å². The van der Waals surface area contributed by atoms with Crippen molar-refractivity contribution in [1.82, 2.24) is 5.32 Å². The first-order valence-electron chi connectivity index (χ1n) is 11.4. The topological polar surface area (TPSA) is 105 Å². The summed E-state index contributed by atoms with van der Waals surface area (Å²) in [6.45, 7) is 8.89. The van der Waals surface area contributed by atoms with Crippen molar-refractivity contribution in [2.24, 2.45) is 17.1 Å². The molecule has 0 spiro atoms. The lowest BCUT2D eigenvalue weighted by Crippen LogP contribution is -2.52. The first-order valence-corrected chi connectivity index (χ1v) is 11.4. The van der Waals surface area contributed by atoms with Crippen molar-refractivity contribution in [2.75, 3.05) is 23.3 Å². The lowest BCUT2D eigenvalue weighted by atomic mass is 9.93. The van der Waals surface area contributed by atoms with Crippen LogP contribution >= 0.6 is 0 Å². The van der Waals surface area contributed by atoms with Crippen LogP contribution < -0.4 is 21.3 Å². The van der Waals surface area contributed by atoms with Crippen molar-refractivity contribution in [3.05, 3.63) is 59.7 Å². The Morgan fingerprint density at radius 2 is 1.85 bits per heavy atom. The molecule has 0 bridgehead atoms. The Kier molecular flexibility index (Phi) is 7.53. The summed E-state index contributed by atoms with van der Waals surface area (Å²) < 4.78 is 0. The molecule has 3 rings (SSSR count). The molecule has 1 heterocycles. The summed E-state index contributed by atoms with van der Waals surface area (Å²) in [5, 5.41) is 5.81. The Morgan fingerprint density at radius 1 is 1.15 bits per heavy atom. The van der Waals surface area contributed by atoms with Gasteiger partial charge in [-0.15, -0.1) is 0 Å². The summed E-state index contributed by atoms with van der Waals surface area (Å²) in [6, 6.07) is 14.0. The minimum absolute atomic E-state index is 0.148. The van der Waals surface area contributed by atoms with Gasteiger partial charge in [0.1, 0.15) is 6.04 Å². The molecule has 7 heteroatoms. The van der Waals surface area contributed by atoms with E-state index in [2.05, 4.69) is 10.6 Å². The van der Waals surface area contributed by atoms with Gasteiger partial charge in [-0.3, -0.25) is 19.3 Å². The van der Waals surface area contributed by atoms with Crippen LogP contribution in [0.5, 0.6) is 0 Å². The summed E-state index contributed by atoms with van der Waals surface area (Å²) in [5.41, 5.74) is 7.91. The van der Waals surface area contributed by atoms with Crippen LogP contribution in [0.25, 0.3) is 0 Å². The Bertz CT molecular complexity index is 1020. The third-order valence-corrected chi connectivity index (χ3v) is 5.83. The minimum atomic E-state index is -0.598. The molecule has 1 aliphatic heterocycles.